The minimum atomic E-state index is -0.0681. The van der Waals surface area contributed by atoms with Crippen molar-refractivity contribution in [1.82, 2.24) is 4.68 Å². The van der Waals surface area contributed by atoms with Gasteiger partial charge in [-0.3, -0.25) is 4.99 Å². The van der Waals surface area contributed by atoms with Crippen LogP contribution in [0.5, 0.6) is 0 Å². The Bertz CT molecular complexity index is 2530. The lowest BCUT2D eigenvalue weighted by atomic mass is 9.79. The average molecular weight is 648 g/mol. The topological polar surface area (TPSA) is 29.6 Å². The van der Waals surface area contributed by atoms with Gasteiger partial charge >= 0.3 is 0 Å². The van der Waals surface area contributed by atoms with Gasteiger partial charge in [0.05, 0.1) is 16.7 Å². The summed E-state index contributed by atoms with van der Waals surface area (Å²) in [6.45, 7) is 15.4. The van der Waals surface area contributed by atoms with Crippen LogP contribution in [0.1, 0.15) is 68.9 Å². The molecule has 1 atom stereocenters. The van der Waals surface area contributed by atoms with Gasteiger partial charge in [-0.25, -0.2) is 4.68 Å². The van der Waals surface area contributed by atoms with E-state index in [1.807, 2.05) is 6.08 Å². The molecule has 3 heteroatoms. The standard InChI is InChI=1S/C47H41N3/c1-29-15-22-40-36(25-29)37-27-38-35-12-8-10-14-44(35)50(45(38)28-42(37)47(40,4)5)49-43(23-24-48-6)31-18-16-30(17-19-31)32-20-21-34-33-11-7-9-13-39(33)46(2,3)41(34)26-32/h7-24,26-29H,6,25H2,1-5H3/b24-23-,49-43?. The SMILES string of the molecule is C=N/C=C\C(=Nn1c2ccccc2c2cc3c(cc21)C(C)(C)C1=C3CC(C)C=C1)c1ccc(-c2ccc3c(c2)C(C)(C)c2ccccc2-3)cc1. The molecule has 0 radical (unpaired) electrons. The molecule has 3 aliphatic rings. The molecule has 50 heavy (non-hydrogen) atoms. The third-order valence-electron chi connectivity index (χ3n) is 11.5. The van der Waals surface area contributed by atoms with Gasteiger partial charge in [-0.1, -0.05) is 126 Å². The number of aliphatic imine (C=N–C) groups is 1. The van der Waals surface area contributed by atoms with E-state index in [1.54, 1.807) is 6.20 Å². The third-order valence-corrected chi connectivity index (χ3v) is 11.5. The molecular formula is C47H41N3. The van der Waals surface area contributed by atoms with Crippen LogP contribution < -0.4 is 0 Å². The predicted molar refractivity (Wildman–Crippen MR) is 212 cm³/mol. The Hall–Kier alpha value is -5.54. The fraction of sp³-hybridized carbons (Fsp3) is 0.191. The number of rotatable bonds is 5. The van der Waals surface area contributed by atoms with Crippen molar-refractivity contribution in [2.24, 2.45) is 16.0 Å². The highest BCUT2D eigenvalue weighted by molar-refractivity contribution is 6.12. The van der Waals surface area contributed by atoms with Gasteiger partial charge in [0, 0.05) is 33.4 Å². The van der Waals surface area contributed by atoms with Crippen molar-refractivity contribution >= 4 is 39.8 Å². The van der Waals surface area contributed by atoms with Crippen molar-refractivity contribution in [3.63, 3.8) is 0 Å². The summed E-state index contributed by atoms with van der Waals surface area (Å²) < 4.78 is 2.13. The third kappa shape index (κ3) is 4.42. The highest BCUT2D eigenvalue weighted by Crippen LogP contribution is 2.53. The molecule has 0 amide bonds. The predicted octanol–water partition coefficient (Wildman–Crippen LogP) is 11.9. The maximum Gasteiger partial charge on any atom is 0.0927 e. The van der Waals surface area contributed by atoms with Crippen LogP contribution in [0, 0.1) is 5.92 Å². The molecule has 1 unspecified atom stereocenters. The zero-order valence-electron chi connectivity index (χ0n) is 29.5. The molecule has 3 aliphatic carbocycles. The van der Waals surface area contributed by atoms with E-state index in [0.717, 1.165) is 28.7 Å². The first-order valence-electron chi connectivity index (χ1n) is 17.7. The monoisotopic (exact) mass is 647 g/mol. The molecule has 3 nitrogen and oxygen atoms in total. The molecule has 0 aliphatic heterocycles. The first kappa shape index (κ1) is 30.5. The van der Waals surface area contributed by atoms with Crippen LogP contribution in [0.4, 0.5) is 0 Å². The molecule has 0 fully saturated rings. The first-order valence-corrected chi connectivity index (χ1v) is 17.7. The summed E-state index contributed by atoms with van der Waals surface area (Å²) in [5, 5.41) is 7.83. The summed E-state index contributed by atoms with van der Waals surface area (Å²) in [7, 11) is 0. The van der Waals surface area contributed by atoms with E-state index >= 15 is 0 Å². The van der Waals surface area contributed by atoms with Crippen LogP contribution in [0.25, 0.3) is 49.6 Å². The zero-order valence-corrected chi connectivity index (χ0v) is 29.5. The Morgan fingerprint density at radius 3 is 2.26 bits per heavy atom. The van der Waals surface area contributed by atoms with Crippen LogP contribution in [0.15, 0.2) is 143 Å². The molecule has 1 aromatic heterocycles. The van der Waals surface area contributed by atoms with Crippen LogP contribution in [0.2, 0.25) is 0 Å². The second-order valence-electron chi connectivity index (χ2n) is 15.3. The Labute approximate surface area is 294 Å². The number of hydrogen-bond donors (Lipinski definition) is 0. The van der Waals surface area contributed by atoms with E-state index in [0.29, 0.717) is 5.92 Å². The number of fused-ring (bicyclic) bond motifs is 8. The fourth-order valence-corrected chi connectivity index (χ4v) is 8.85. The van der Waals surface area contributed by atoms with E-state index in [4.69, 9.17) is 5.10 Å². The molecule has 0 N–H and O–H groups in total. The van der Waals surface area contributed by atoms with Gasteiger partial charge in [0.2, 0.25) is 0 Å². The van der Waals surface area contributed by atoms with Gasteiger partial charge in [0.15, 0.2) is 0 Å². The van der Waals surface area contributed by atoms with Crippen molar-refractivity contribution in [3.8, 4) is 22.3 Å². The largest absolute Gasteiger partial charge is 0.272 e. The number of nitrogens with zero attached hydrogens (tertiary/aromatic N) is 3. The molecule has 244 valence electrons. The minimum Gasteiger partial charge on any atom is -0.272 e. The Morgan fingerprint density at radius 2 is 1.44 bits per heavy atom. The lowest BCUT2D eigenvalue weighted by molar-refractivity contribution is 0.643. The number of allylic oxidation sites excluding steroid dienone is 5. The van der Waals surface area contributed by atoms with E-state index < -0.39 is 0 Å². The summed E-state index contributed by atoms with van der Waals surface area (Å²) in [5.74, 6) is 0.544. The summed E-state index contributed by atoms with van der Waals surface area (Å²) >= 11 is 0. The van der Waals surface area contributed by atoms with Gasteiger partial charge in [-0.05, 0) is 105 Å². The number of benzene rings is 5. The van der Waals surface area contributed by atoms with Crippen LogP contribution in [0.3, 0.4) is 0 Å². The second kappa shape index (κ2) is 11.0. The Balaban J connectivity index is 1.15. The van der Waals surface area contributed by atoms with Crippen molar-refractivity contribution in [1.29, 1.82) is 0 Å². The molecule has 0 saturated heterocycles. The molecule has 9 rings (SSSR count). The van der Waals surface area contributed by atoms with Crippen LogP contribution in [-0.4, -0.2) is 17.1 Å². The lowest BCUT2D eigenvalue weighted by Gasteiger charge is -2.25. The molecule has 0 bridgehead atoms. The first-order chi connectivity index (χ1) is 24.2. The van der Waals surface area contributed by atoms with Crippen molar-refractivity contribution < 1.29 is 0 Å². The summed E-state index contributed by atoms with van der Waals surface area (Å²) in [6.07, 6.45) is 9.51. The summed E-state index contributed by atoms with van der Waals surface area (Å²) in [5.41, 5.74) is 17.5. The molecule has 0 saturated carbocycles. The Morgan fingerprint density at radius 1 is 0.720 bits per heavy atom. The van der Waals surface area contributed by atoms with Gasteiger partial charge in [0.1, 0.15) is 0 Å². The van der Waals surface area contributed by atoms with E-state index in [2.05, 4.69) is 166 Å². The van der Waals surface area contributed by atoms with Gasteiger partial charge in [-0.2, -0.15) is 5.10 Å². The molecule has 1 heterocycles. The van der Waals surface area contributed by atoms with Crippen LogP contribution in [-0.2, 0) is 10.8 Å². The van der Waals surface area contributed by atoms with Gasteiger partial charge in [-0.15, -0.1) is 0 Å². The van der Waals surface area contributed by atoms with Gasteiger partial charge < -0.3 is 0 Å². The number of aromatic nitrogens is 1. The molecule has 6 aromatic rings. The Kier molecular flexibility index (Phi) is 6.70. The molecular weight excluding hydrogens is 607 g/mol. The van der Waals surface area contributed by atoms with Gasteiger partial charge in [0.25, 0.3) is 0 Å². The smallest absolute Gasteiger partial charge is 0.0927 e. The quantitative estimate of drug-likeness (QED) is 0.167. The van der Waals surface area contributed by atoms with Crippen molar-refractivity contribution in [2.75, 3.05) is 0 Å². The fourth-order valence-electron chi connectivity index (χ4n) is 8.85. The lowest BCUT2D eigenvalue weighted by Crippen LogP contribution is -2.17. The number of para-hydroxylation sites is 1. The van der Waals surface area contributed by atoms with Crippen LogP contribution >= 0.6 is 0 Å². The van der Waals surface area contributed by atoms with E-state index in [9.17, 15) is 0 Å². The maximum atomic E-state index is 5.38. The highest BCUT2D eigenvalue weighted by atomic mass is 15.3. The minimum absolute atomic E-state index is 0.0354. The number of hydrogen-bond acceptors (Lipinski definition) is 2. The average Bonchev–Trinajstić information content (AvgIpc) is 3.65. The molecule has 5 aromatic carbocycles. The second-order valence-corrected chi connectivity index (χ2v) is 15.3. The highest BCUT2D eigenvalue weighted by Gasteiger charge is 2.39. The summed E-state index contributed by atoms with van der Waals surface area (Å²) in [4.78, 5) is 4.07. The van der Waals surface area contributed by atoms with E-state index in [1.165, 1.54) is 66.4 Å². The normalized spacial score (nSPS) is 18.5. The maximum absolute atomic E-state index is 5.38. The van der Waals surface area contributed by atoms with Crippen molar-refractivity contribution in [2.45, 2.75) is 51.9 Å². The summed E-state index contributed by atoms with van der Waals surface area (Å²) in [6, 6.07) is 38.0. The molecule has 0 spiro atoms. The zero-order chi connectivity index (χ0) is 34.4. The van der Waals surface area contributed by atoms with E-state index in [-0.39, 0.29) is 10.8 Å². The van der Waals surface area contributed by atoms with Crippen molar-refractivity contribution in [3.05, 3.63) is 161 Å².